The quantitative estimate of drug-likeness (QED) is 0.523. The lowest BCUT2D eigenvalue weighted by Gasteiger charge is -2.14. The molecule has 0 spiro atoms. The third-order valence-electron chi connectivity index (χ3n) is 3.05. The van der Waals surface area contributed by atoms with Crippen LogP contribution < -0.4 is 0 Å². The summed E-state index contributed by atoms with van der Waals surface area (Å²) in [6.45, 7) is 1.92. The Balaban J connectivity index is 2.40. The predicted octanol–water partition coefficient (Wildman–Crippen LogP) is 2.97. The highest BCUT2D eigenvalue weighted by Gasteiger charge is 2.10. The van der Waals surface area contributed by atoms with Gasteiger partial charge in [-0.2, -0.15) is 0 Å². The number of aliphatic hydroxyl groups is 1. The van der Waals surface area contributed by atoms with Gasteiger partial charge in [-0.25, -0.2) is 0 Å². The second kappa shape index (κ2) is 8.29. The van der Waals surface area contributed by atoms with Crippen molar-refractivity contribution in [3.8, 4) is 0 Å². The maximum Gasteiger partial charge on any atom is 0.306 e. The summed E-state index contributed by atoms with van der Waals surface area (Å²) in [6, 6.07) is 0. The normalized spacial score (nSPS) is 31.3. The summed E-state index contributed by atoms with van der Waals surface area (Å²) in [7, 11) is 0. The number of aliphatic hydroxyl groups excluding tert-OH is 1. The van der Waals surface area contributed by atoms with Crippen molar-refractivity contribution in [3.63, 3.8) is 0 Å². The lowest BCUT2D eigenvalue weighted by Crippen LogP contribution is -2.15. The van der Waals surface area contributed by atoms with E-state index in [9.17, 15) is 9.90 Å². The van der Waals surface area contributed by atoms with Crippen LogP contribution in [-0.4, -0.2) is 23.3 Å². The van der Waals surface area contributed by atoms with Crippen LogP contribution in [0.1, 0.15) is 58.3 Å². The van der Waals surface area contributed by atoms with Crippen LogP contribution in [0.3, 0.4) is 0 Å². The van der Waals surface area contributed by atoms with Crippen LogP contribution in [0.15, 0.2) is 12.2 Å². The molecule has 2 atom stereocenters. The van der Waals surface area contributed by atoms with Gasteiger partial charge in [-0.1, -0.05) is 18.6 Å². The molecule has 3 heteroatoms. The Morgan fingerprint density at radius 2 is 2.06 bits per heavy atom. The van der Waals surface area contributed by atoms with Gasteiger partial charge in [-0.15, -0.1) is 0 Å². The molecule has 0 aromatic carbocycles. The number of allylic oxidation sites excluding steroid dienone is 1. The van der Waals surface area contributed by atoms with Crippen molar-refractivity contribution in [1.82, 2.24) is 0 Å². The summed E-state index contributed by atoms with van der Waals surface area (Å²) < 4.78 is 5.29. The number of carbonyl (C=O) groups excluding carboxylic acids is 1. The maximum absolute atomic E-state index is 11.4. The number of rotatable bonds is 0. The van der Waals surface area contributed by atoms with E-state index in [4.69, 9.17) is 4.74 Å². The SMILES string of the molecule is C[C@H]1CCC[C@@H](O)/C=C/CCCCCC(=O)O1. The molecule has 0 amide bonds. The molecule has 1 aliphatic heterocycles. The van der Waals surface area contributed by atoms with Crippen molar-refractivity contribution < 1.29 is 14.6 Å². The number of ether oxygens (including phenoxy) is 1. The number of hydrogen-bond donors (Lipinski definition) is 1. The maximum atomic E-state index is 11.4. The van der Waals surface area contributed by atoms with Crippen LogP contribution in [0.25, 0.3) is 0 Å². The average Bonchev–Trinajstić information content (AvgIpc) is 2.26. The van der Waals surface area contributed by atoms with Gasteiger partial charge in [-0.3, -0.25) is 4.79 Å². The standard InChI is InChI=1S/C14H24O3/c1-12-8-7-10-13(15)9-5-3-2-4-6-11-14(16)17-12/h5,9,12-13,15H,2-4,6-8,10-11H2,1H3/b9-5+/t12-,13-/m0/s1. The zero-order valence-electron chi connectivity index (χ0n) is 10.7. The van der Waals surface area contributed by atoms with E-state index >= 15 is 0 Å². The molecule has 17 heavy (non-hydrogen) atoms. The molecule has 0 aromatic rings. The van der Waals surface area contributed by atoms with Crippen LogP contribution in [0, 0.1) is 0 Å². The van der Waals surface area contributed by atoms with Crippen molar-refractivity contribution in [2.45, 2.75) is 70.5 Å². The molecule has 1 aliphatic rings. The van der Waals surface area contributed by atoms with Crippen LogP contribution >= 0.6 is 0 Å². The largest absolute Gasteiger partial charge is 0.463 e. The highest BCUT2D eigenvalue weighted by molar-refractivity contribution is 5.69. The van der Waals surface area contributed by atoms with E-state index < -0.39 is 0 Å². The van der Waals surface area contributed by atoms with Crippen molar-refractivity contribution in [1.29, 1.82) is 0 Å². The molecular weight excluding hydrogens is 216 g/mol. The molecule has 0 aliphatic carbocycles. The van der Waals surface area contributed by atoms with E-state index in [1.807, 2.05) is 13.0 Å². The molecule has 0 bridgehead atoms. The number of esters is 1. The molecule has 98 valence electrons. The summed E-state index contributed by atoms with van der Waals surface area (Å²) in [6.07, 6.45) is 10.6. The van der Waals surface area contributed by atoms with Gasteiger partial charge in [0.1, 0.15) is 0 Å². The third kappa shape index (κ3) is 7.16. The van der Waals surface area contributed by atoms with Gasteiger partial charge in [0.05, 0.1) is 12.2 Å². The molecule has 0 aromatic heterocycles. The Kier molecular flexibility index (Phi) is 6.94. The van der Waals surface area contributed by atoms with Gasteiger partial charge < -0.3 is 9.84 Å². The van der Waals surface area contributed by atoms with Crippen molar-refractivity contribution >= 4 is 5.97 Å². The molecule has 1 rings (SSSR count). The minimum atomic E-state index is -0.346. The predicted molar refractivity (Wildman–Crippen MR) is 67.6 cm³/mol. The Morgan fingerprint density at radius 3 is 2.88 bits per heavy atom. The fourth-order valence-electron chi connectivity index (χ4n) is 2.01. The van der Waals surface area contributed by atoms with E-state index in [1.165, 1.54) is 0 Å². The first kappa shape index (κ1) is 14.2. The summed E-state index contributed by atoms with van der Waals surface area (Å²) >= 11 is 0. The summed E-state index contributed by atoms with van der Waals surface area (Å²) in [5.41, 5.74) is 0. The van der Waals surface area contributed by atoms with Crippen molar-refractivity contribution in [2.75, 3.05) is 0 Å². The Hall–Kier alpha value is -0.830. The zero-order valence-corrected chi connectivity index (χ0v) is 10.7. The van der Waals surface area contributed by atoms with Gasteiger partial charge in [-0.05, 0) is 45.4 Å². The number of cyclic esters (lactones) is 1. The fraction of sp³-hybridized carbons (Fsp3) is 0.786. The molecular formula is C14H24O3. The van der Waals surface area contributed by atoms with E-state index in [1.54, 1.807) is 0 Å². The third-order valence-corrected chi connectivity index (χ3v) is 3.05. The second-order valence-electron chi connectivity index (χ2n) is 4.83. The Bertz CT molecular complexity index is 248. The van der Waals surface area contributed by atoms with Gasteiger partial charge in [0.15, 0.2) is 0 Å². The lowest BCUT2D eigenvalue weighted by atomic mass is 10.1. The molecule has 1 N–H and O–H groups in total. The van der Waals surface area contributed by atoms with Gasteiger partial charge in [0.2, 0.25) is 0 Å². The van der Waals surface area contributed by atoms with E-state index in [2.05, 4.69) is 6.08 Å². The smallest absolute Gasteiger partial charge is 0.306 e. The Labute approximate surface area is 104 Å². The van der Waals surface area contributed by atoms with E-state index in [0.29, 0.717) is 6.42 Å². The van der Waals surface area contributed by atoms with E-state index in [0.717, 1.165) is 44.9 Å². The zero-order chi connectivity index (χ0) is 12.5. The van der Waals surface area contributed by atoms with Crippen LogP contribution in [0.4, 0.5) is 0 Å². The molecule has 0 radical (unpaired) electrons. The molecule has 0 fully saturated rings. The first-order valence-corrected chi connectivity index (χ1v) is 6.72. The van der Waals surface area contributed by atoms with Crippen LogP contribution in [0.5, 0.6) is 0 Å². The van der Waals surface area contributed by atoms with E-state index in [-0.39, 0.29) is 18.2 Å². The summed E-state index contributed by atoms with van der Waals surface area (Å²) in [4.78, 5) is 11.4. The monoisotopic (exact) mass is 240 g/mol. The minimum absolute atomic E-state index is 0.0263. The van der Waals surface area contributed by atoms with Crippen molar-refractivity contribution in [2.24, 2.45) is 0 Å². The lowest BCUT2D eigenvalue weighted by molar-refractivity contribution is -0.148. The van der Waals surface area contributed by atoms with Crippen LogP contribution in [-0.2, 0) is 9.53 Å². The summed E-state index contributed by atoms with van der Waals surface area (Å²) in [5.74, 6) is -0.0781. The highest BCUT2D eigenvalue weighted by Crippen LogP contribution is 2.12. The summed E-state index contributed by atoms with van der Waals surface area (Å²) in [5, 5.41) is 9.66. The topological polar surface area (TPSA) is 46.5 Å². The molecule has 0 unspecified atom stereocenters. The van der Waals surface area contributed by atoms with Gasteiger partial charge in [0.25, 0.3) is 0 Å². The number of carbonyl (C=O) groups is 1. The van der Waals surface area contributed by atoms with Gasteiger partial charge >= 0.3 is 5.97 Å². The minimum Gasteiger partial charge on any atom is -0.463 e. The molecule has 0 saturated carbocycles. The fourth-order valence-corrected chi connectivity index (χ4v) is 2.01. The molecule has 3 nitrogen and oxygen atoms in total. The first-order chi connectivity index (χ1) is 8.18. The molecule has 1 heterocycles. The van der Waals surface area contributed by atoms with Crippen LogP contribution in [0.2, 0.25) is 0 Å². The van der Waals surface area contributed by atoms with Gasteiger partial charge in [0, 0.05) is 6.42 Å². The first-order valence-electron chi connectivity index (χ1n) is 6.72. The van der Waals surface area contributed by atoms with Crippen molar-refractivity contribution in [3.05, 3.63) is 12.2 Å². The highest BCUT2D eigenvalue weighted by atomic mass is 16.5. The number of hydrogen-bond acceptors (Lipinski definition) is 3. The second-order valence-corrected chi connectivity index (χ2v) is 4.83. The Morgan fingerprint density at radius 1 is 1.24 bits per heavy atom. The average molecular weight is 240 g/mol. The molecule has 0 saturated heterocycles.